The lowest BCUT2D eigenvalue weighted by Crippen LogP contribution is -2.14. The van der Waals surface area contributed by atoms with Crippen molar-refractivity contribution in [2.45, 2.75) is 57.8 Å². The van der Waals surface area contributed by atoms with Crippen LogP contribution < -0.4 is 0 Å². The van der Waals surface area contributed by atoms with Crippen molar-refractivity contribution in [1.29, 1.82) is 0 Å². The van der Waals surface area contributed by atoms with Crippen LogP contribution in [0.2, 0.25) is 0 Å². The second-order valence-corrected chi connectivity index (χ2v) is 26.8. The van der Waals surface area contributed by atoms with Crippen LogP contribution in [0.25, 0.3) is 150 Å². The highest BCUT2D eigenvalue weighted by Crippen LogP contribution is 2.56. The van der Waals surface area contributed by atoms with Crippen molar-refractivity contribution < 1.29 is 0 Å². The highest BCUT2D eigenvalue weighted by Gasteiger charge is 2.41. The topological polar surface area (TPSA) is 40.6 Å². The van der Waals surface area contributed by atoms with Crippen molar-refractivity contribution in [2.75, 3.05) is 0 Å². The summed E-state index contributed by atoms with van der Waals surface area (Å²) in [5.74, 6) is 0.661. The SMILES string of the molecule is CC1(C)c2ccccc2-c2c1ccc1c3ccccc3n(-c3ccc(-c4cc(-c5ccc(-n6c7ccccc7c7ccc8c(c76)-c6ccccc6C8(C)C)cc5)nc(-c5cccc(-n6c7ccccc7c7ccc8c(c76)-c6ccccc6C8(C)C)c5)n4)cc3)c21. The van der Waals surface area contributed by atoms with Gasteiger partial charge >= 0.3 is 0 Å². The molecule has 0 unspecified atom stereocenters. The number of rotatable bonds is 6. The maximum Gasteiger partial charge on any atom is 0.160 e. The minimum atomic E-state index is -0.149. The molecule has 5 nitrogen and oxygen atoms in total. The fraction of sp³-hybridized carbons (Fsp3) is 0.106. The molecule has 0 N–H and O–H groups in total. The van der Waals surface area contributed by atoms with Gasteiger partial charge < -0.3 is 13.7 Å². The molecule has 90 heavy (non-hydrogen) atoms. The molecule has 3 aliphatic rings. The summed E-state index contributed by atoms with van der Waals surface area (Å²) in [6.45, 7) is 14.2. The molecule has 12 aromatic carbocycles. The third-order valence-corrected chi connectivity index (χ3v) is 21.1. The van der Waals surface area contributed by atoms with E-state index in [4.69, 9.17) is 9.97 Å². The minimum absolute atomic E-state index is 0.129. The lowest BCUT2D eigenvalue weighted by Gasteiger charge is -2.21. The molecular weight excluding hydrogens is 1090 g/mol. The molecule has 426 valence electrons. The first-order valence-electron chi connectivity index (χ1n) is 31.6. The molecule has 0 saturated carbocycles. The molecule has 0 radical (unpaired) electrons. The van der Waals surface area contributed by atoms with E-state index in [1.807, 2.05) is 0 Å². The maximum atomic E-state index is 5.59. The Morgan fingerprint density at radius 1 is 0.256 bits per heavy atom. The fourth-order valence-corrected chi connectivity index (χ4v) is 16.8. The molecule has 4 heterocycles. The Morgan fingerprint density at radius 3 is 0.989 bits per heavy atom. The van der Waals surface area contributed by atoms with Crippen molar-refractivity contribution in [3.05, 3.63) is 294 Å². The zero-order valence-corrected chi connectivity index (χ0v) is 51.1. The number of hydrogen-bond acceptors (Lipinski definition) is 2. The van der Waals surface area contributed by atoms with Crippen molar-refractivity contribution in [3.63, 3.8) is 0 Å². The van der Waals surface area contributed by atoms with Gasteiger partial charge in [-0.25, -0.2) is 9.97 Å². The number of para-hydroxylation sites is 3. The second-order valence-electron chi connectivity index (χ2n) is 26.8. The smallest absolute Gasteiger partial charge is 0.160 e. The predicted molar refractivity (Wildman–Crippen MR) is 374 cm³/mol. The van der Waals surface area contributed by atoms with E-state index in [-0.39, 0.29) is 16.2 Å². The van der Waals surface area contributed by atoms with Gasteiger partial charge in [0.15, 0.2) is 5.82 Å². The standard InChI is InChI=1S/C85H61N5/c1-83(2)65-28-13-7-25-62(65)76-68(83)45-42-59-56-22-10-16-31-73(56)88(79(59)76)53-38-34-50(35-39-53)71-49-72(51-36-40-54(41-37-51)89-74-32-17-11-23-57(74)60-43-46-69-77(80(60)89)63-26-8-14-29-66(63)84(69,3)4)87-82(86-71)52-20-19-21-55(48-52)90-75-33-18-12-24-58(75)61-44-47-70-78(81(61)90)64-27-9-15-30-67(64)85(70,5)6/h7-49H,1-6H3. The van der Waals surface area contributed by atoms with E-state index in [0.717, 1.165) is 50.7 Å². The van der Waals surface area contributed by atoms with Crippen LogP contribution in [-0.4, -0.2) is 23.7 Å². The first-order chi connectivity index (χ1) is 43.9. The van der Waals surface area contributed by atoms with Gasteiger partial charge in [-0.3, -0.25) is 0 Å². The Labute approximate surface area is 522 Å². The molecule has 0 saturated heterocycles. The molecule has 19 rings (SSSR count). The Balaban J connectivity index is 0.796. The lowest BCUT2D eigenvalue weighted by molar-refractivity contribution is 0.660. The fourth-order valence-electron chi connectivity index (χ4n) is 16.8. The average molecular weight is 1150 g/mol. The number of fused-ring (bicyclic) bond motifs is 21. The van der Waals surface area contributed by atoms with Crippen LogP contribution in [0, 0.1) is 0 Å². The predicted octanol–water partition coefficient (Wildman–Crippen LogP) is 21.7. The highest BCUT2D eigenvalue weighted by atomic mass is 15.0. The summed E-state index contributed by atoms with van der Waals surface area (Å²) in [5.41, 5.74) is 30.8. The van der Waals surface area contributed by atoms with Crippen LogP contribution >= 0.6 is 0 Å². The van der Waals surface area contributed by atoms with Gasteiger partial charge in [-0.05, 0) is 111 Å². The third kappa shape index (κ3) is 6.81. The first-order valence-corrected chi connectivity index (χ1v) is 31.6. The number of benzene rings is 12. The van der Waals surface area contributed by atoms with E-state index in [1.54, 1.807) is 0 Å². The van der Waals surface area contributed by atoms with Crippen LogP contribution in [-0.2, 0) is 16.2 Å². The van der Waals surface area contributed by atoms with Gasteiger partial charge in [0.25, 0.3) is 0 Å². The first kappa shape index (κ1) is 51.2. The van der Waals surface area contributed by atoms with Crippen LogP contribution in [0.3, 0.4) is 0 Å². The summed E-state index contributed by atoms with van der Waals surface area (Å²) in [7, 11) is 0. The Morgan fingerprint density at radius 2 is 0.600 bits per heavy atom. The van der Waals surface area contributed by atoms with Gasteiger partial charge in [-0.15, -0.1) is 0 Å². The molecule has 0 fully saturated rings. The summed E-state index contributed by atoms with van der Waals surface area (Å²) in [5, 5.41) is 7.48. The van der Waals surface area contributed by atoms with Gasteiger partial charge in [-0.2, -0.15) is 0 Å². The van der Waals surface area contributed by atoms with Gasteiger partial charge in [0.05, 0.1) is 44.5 Å². The van der Waals surface area contributed by atoms with E-state index >= 15 is 0 Å². The van der Waals surface area contributed by atoms with Gasteiger partial charge in [0, 0.05) is 99.0 Å². The molecule has 0 amide bonds. The molecule has 0 atom stereocenters. The normalized spacial score (nSPS) is 14.6. The Kier molecular flexibility index (Phi) is 10.3. The quantitative estimate of drug-likeness (QED) is 0.166. The van der Waals surface area contributed by atoms with Gasteiger partial charge in [0.2, 0.25) is 0 Å². The monoisotopic (exact) mass is 1150 g/mol. The molecular formula is C85H61N5. The van der Waals surface area contributed by atoms with E-state index in [2.05, 4.69) is 316 Å². The van der Waals surface area contributed by atoms with E-state index in [9.17, 15) is 0 Å². The molecule has 0 bridgehead atoms. The van der Waals surface area contributed by atoms with Gasteiger partial charge in [0.1, 0.15) is 0 Å². The minimum Gasteiger partial charge on any atom is -0.309 e. The largest absolute Gasteiger partial charge is 0.309 e. The summed E-state index contributed by atoms with van der Waals surface area (Å²) in [4.78, 5) is 11.2. The molecule has 0 spiro atoms. The van der Waals surface area contributed by atoms with E-state index in [1.165, 1.54) is 127 Å². The molecule has 0 aliphatic heterocycles. The summed E-state index contributed by atoms with van der Waals surface area (Å²) < 4.78 is 7.47. The Bertz CT molecular complexity index is 5560. The second kappa shape index (κ2) is 18.1. The van der Waals surface area contributed by atoms with Crippen LogP contribution in [0.4, 0.5) is 0 Å². The zero-order chi connectivity index (χ0) is 60.1. The maximum absolute atomic E-state index is 5.59. The van der Waals surface area contributed by atoms with Crippen molar-refractivity contribution in [1.82, 2.24) is 23.7 Å². The number of nitrogens with zero attached hydrogens (tertiary/aromatic N) is 5. The molecule has 16 aromatic rings. The molecule has 5 heteroatoms. The third-order valence-electron chi connectivity index (χ3n) is 21.1. The van der Waals surface area contributed by atoms with Crippen LogP contribution in [0.1, 0.15) is 74.9 Å². The van der Waals surface area contributed by atoms with Crippen molar-refractivity contribution in [3.8, 4) is 84.3 Å². The van der Waals surface area contributed by atoms with Crippen LogP contribution in [0.5, 0.6) is 0 Å². The number of hydrogen-bond donors (Lipinski definition) is 0. The summed E-state index contributed by atoms with van der Waals surface area (Å²) in [6.07, 6.45) is 0. The summed E-state index contributed by atoms with van der Waals surface area (Å²) in [6, 6.07) is 97.0. The van der Waals surface area contributed by atoms with E-state index in [0.29, 0.717) is 5.82 Å². The molecule has 4 aromatic heterocycles. The lowest BCUT2D eigenvalue weighted by atomic mass is 9.82. The van der Waals surface area contributed by atoms with Crippen molar-refractivity contribution >= 4 is 65.4 Å². The average Bonchev–Trinajstić information content (AvgIpc) is 1.56. The van der Waals surface area contributed by atoms with E-state index < -0.39 is 0 Å². The van der Waals surface area contributed by atoms with Crippen molar-refractivity contribution in [2.24, 2.45) is 0 Å². The van der Waals surface area contributed by atoms with Gasteiger partial charge in [-0.1, -0.05) is 242 Å². The highest BCUT2D eigenvalue weighted by molar-refractivity contribution is 6.18. The number of aromatic nitrogens is 5. The zero-order valence-electron chi connectivity index (χ0n) is 51.1. The Hall–Kier alpha value is -10.9. The van der Waals surface area contributed by atoms with Crippen LogP contribution in [0.15, 0.2) is 261 Å². The summed E-state index contributed by atoms with van der Waals surface area (Å²) >= 11 is 0. The molecule has 3 aliphatic carbocycles.